The summed E-state index contributed by atoms with van der Waals surface area (Å²) in [7, 11) is 3.49. The number of halogens is 3. The normalized spacial score (nSPS) is 19.4. The average Bonchev–Trinajstić information content (AvgIpc) is 3.48. The van der Waals surface area contributed by atoms with Crippen LogP contribution >= 0.6 is 11.3 Å². The molecule has 0 aliphatic heterocycles. The van der Waals surface area contributed by atoms with Gasteiger partial charge in [-0.3, -0.25) is 4.98 Å². The Kier molecular flexibility index (Phi) is 7.87. The molecule has 8 nitrogen and oxygen atoms in total. The third-order valence-electron chi connectivity index (χ3n) is 6.85. The van der Waals surface area contributed by atoms with E-state index in [0.29, 0.717) is 41.4 Å². The summed E-state index contributed by atoms with van der Waals surface area (Å²) in [6, 6.07) is 13.3. The molecule has 1 aliphatic rings. The number of anilines is 4. The first-order chi connectivity index (χ1) is 18.7. The molecule has 0 unspecified atom stereocenters. The van der Waals surface area contributed by atoms with E-state index >= 15 is 0 Å². The number of rotatable bonds is 9. The first kappa shape index (κ1) is 27.1. The van der Waals surface area contributed by atoms with Crippen LogP contribution in [0.15, 0.2) is 54.9 Å². The predicted octanol–water partition coefficient (Wildman–Crippen LogP) is 5.09. The van der Waals surface area contributed by atoms with Gasteiger partial charge in [-0.2, -0.15) is 18.2 Å². The van der Waals surface area contributed by atoms with Gasteiger partial charge in [0.05, 0.1) is 35.8 Å². The van der Waals surface area contributed by atoms with E-state index in [9.17, 15) is 18.3 Å². The fourth-order valence-electron chi connectivity index (χ4n) is 4.93. The molecule has 12 heteroatoms. The highest BCUT2D eigenvalue weighted by Gasteiger charge is 2.37. The molecule has 0 radical (unpaired) electrons. The molecule has 206 valence electrons. The number of benzene rings is 1. The number of fused-ring (bicyclic) bond motifs is 1. The Morgan fingerprint density at radius 1 is 1.10 bits per heavy atom. The molecule has 1 fully saturated rings. The Balaban J connectivity index is 1.24. The van der Waals surface area contributed by atoms with Crippen molar-refractivity contribution >= 4 is 44.7 Å². The number of thiophene rings is 1. The number of nitrogens with one attached hydrogen (secondary N) is 3. The number of hydrogen-bond acceptors (Lipinski definition) is 9. The zero-order valence-electron chi connectivity index (χ0n) is 21.5. The van der Waals surface area contributed by atoms with E-state index in [-0.39, 0.29) is 17.0 Å². The SMILES string of the molecule is CNc1nc(N(C)[C@H]2C[C@@H](NCc3ccc(Nc4cccnc4)cc3)C[C@@H]2O)c2cc(CC(F)(F)F)sc2n1. The van der Waals surface area contributed by atoms with Gasteiger partial charge >= 0.3 is 6.18 Å². The molecule has 0 amide bonds. The van der Waals surface area contributed by atoms with Crippen molar-refractivity contribution in [2.75, 3.05) is 29.6 Å². The summed E-state index contributed by atoms with van der Waals surface area (Å²) in [5.41, 5.74) is 3.00. The first-order valence-electron chi connectivity index (χ1n) is 12.6. The van der Waals surface area contributed by atoms with Crippen LogP contribution < -0.4 is 20.9 Å². The molecular weight excluding hydrogens is 527 g/mol. The number of pyridine rings is 1. The third kappa shape index (κ3) is 6.57. The van der Waals surface area contributed by atoms with Crippen LogP contribution in [0, 0.1) is 0 Å². The minimum absolute atomic E-state index is 0.0741. The Morgan fingerprint density at radius 3 is 2.59 bits per heavy atom. The minimum Gasteiger partial charge on any atom is -0.391 e. The van der Waals surface area contributed by atoms with Gasteiger partial charge in [0.1, 0.15) is 10.6 Å². The highest BCUT2D eigenvalue weighted by molar-refractivity contribution is 7.18. The number of aliphatic hydroxyl groups is 1. The molecule has 4 N–H and O–H groups in total. The van der Waals surface area contributed by atoms with Crippen molar-refractivity contribution in [1.82, 2.24) is 20.3 Å². The molecule has 0 saturated heterocycles. The van der Waals surface area contributed by atoms with Crippen LogP contribution in [-0.4, -0.2) is 58.5 Å². The molecule has 1 aliphatic carbocycles. The zero-order chi connectivity index (χ0) is 27.6. The number of nitrogens with zero attached hydrogens (tertiary/aromatic N) is 4. The van der Waals surface area contributed by atoms with Crippen molar-refractivity contribution in [3.05, 3.63) is 65.3 Å². The van der Waals surface area contributed by atoms with E-state index in [1.54, 1.807) is 19.4 Å². The van der Waals surface area contributed by atoms with E-state index in [1.165, 1.54) is 6.07 Å². The molecule has 5 rings (SSSR count). The number of alkyl halides is 3. The van der Waals surface area contributed by atoms with Crippen molar-refractivity contribution in [3.8, 4) is 0 Å². The number of hydrogen-bond donors (Lipinski definition) is 4. The highest BCUT2D eigenvalue weighted by Crippen LogP contribution is 2.37. The molecule has 3 heterocycles. The molecular formula is C27H30F3N7OS. The summed E-state index contributed by atoms with van der Waals surface area (Å²) < 4.78 is 39.1. The molecule has 0 bridgehead atoms. The van der Waals surface area contributed by atoms with Crippen molar-refractivity contribution in [3.63, 3.8) is 0 Å². The topological polar surface area (TPSA) is 98.2 Å². The fraction of sp³-hybridized carbons (Fsp3) is 0.370. The maximum atomic E-state index is 13.0. The van der Waals surface area contributed by atoms with Crippen molar-refractivity contribution in [2.24, 2.45) is 0 Å². The second-order valence-electron chi connectivity index (χ2n) is 9.70. The van der Waals surface area contributed by atoms with Crippen LogP contribution in [0.2, 0.25) is 0 Å². The van der Waals surface area contributed by atoms with Crippen LogP contribution in [0.5, 0.6) is 0 Å². The maximum Gasteiger partial charge on any atom is 0.393 e. The van der Waals surface area contributed by atoms with Crippen molar-refractivity contribution < 1.29 is 18.3 Å². The molecule has 39 heavy (non-hydrogen) atoms. The Labute approximate surface area is 228 Å². The second-order valence-corrected chi connectivity index (χ2v) is 10.8. The van der Waals surface area contributed by atoms with Gasteiger partial charge in [0.2, 0.25) is 5.95 Å². The molecule has 3 aromatic heterocycles. The zero-order valence-corrected chi connectivity index (χ0v) is 22.4. The Hall–Kier alpha value is -3.48. The van der Waals surface area contributed by atoms with Gasteiger partial charge in [-0.1, -0.05) is 12.1 Å². The average molecular weight is 558 g/mol. The van der Waals surface area contributed by atoms with Crippen LogP contribution in [-0.2, 0) is 13.0 Å². The van der Waals surface area contributed by atoms with Gasteiger partial charge in [-0.25, -0.2) is 4.98 Å². The molecule has 0 spiro atoms. The lowest BCUT2D eigenvalue weighted by Gasteiger charge is -2.29. The van der Waals surface area contributed by atoms with Gasteiger partial charge < -0.3 is 26.0 Å². The highest BCUT2D eigenvalue weighted by atomic mass is 32.1. The van der Waals surface area contributed by atoms with Crippen LogP contribution in [0.4, 0.5) is 36.3 Å². The third-order valence-corrected chi connectivity index (χ3v) is 7.88. The van der Waals surface area contributed by atoms with Crippen LogP contribution in [0.25, 0.3) is 10.2 Å². The van der Waals surface area contributed by atoms with E-state index in [1.807, 2.05) is 48.3 Å². The van der Waals surface area contributed by atoms with E-state index in [0.717, 1.165) is 28.3 Å². The van der Waals surface area contributed by atoms with Crippen LogP contribution in [0.3, 0.4) is 0 Å². The van der Waals surface area contributed by atoms with Crippen LogP contribution in [0.1, 0.15) is 23.3 Å². The van der Waals surface area contributed by atoms with Crippen molar-refractivity contribution in [2.45, 2.75) is 50.2 Å². The molecule has 4 aromatic rings. The largest absolute Gasteiger partial charge is 0.393 e. The lowest BCUT2D eigenvalue weighted by molar-refractivity contribution is -0.126. The molecule has 3 atom stereocenters. The monoisotopic (exact) mass is 557 g/mol. The Bertz CT molecular complexity index is 1400. The lowest BCUT2D eigenvalue weighted by atomic mass is 10.1. The summed E-state index contributed by atoms with van der Waals surface area (Å²) in [5.74, 6) is 0.837. The summed E-state index contributed by atoms with van der Waals surface area (Å²) in [6.07, 6.45) is -1.21. The Morgan fingerprint density at radius 2 is 1.90 bits per heavy atom. The second kappa shape index (κ2) is 11.3. The molecule has 1 aromatic carbocycles. The van der Waals surface area contributed by atoms with Gasteiger partial charge in [-0.05, 0) is 48.7 Å². The summed E-state index contributed by atoms with van der Waals surface area (Å²) >= 11 is 1.02. The summed E-state index contributed by atoms with van der Waals surface area (Å²) in [5, 5.41) is 21.2. The van der Waals surface area contributed by atoms with Gasteiger partial charge in [0.15, 0.2) is 0 Å². The molecule has 1 saturated carbocycles. The minimum atomic E-state index is -4.30. The number of likely N-dealkylation sites (N-methyl/N-ethyl adjacent to an activating group) is 1. The summed E-state index contributed by atoms with van der Waals surface area (Å²) in [4.78, 5) is 15.6. The standard InChI is InChI=1S/C27H30F3N7OS/c1-31-26-35-24(21-12-20(13-27(28,29)30)39-25(21)36-26)37(2)22-10-19(11-23(22)38)33-14-16-5-7-17(8-6-16)34-18-4-3-9-32-15-18/h3-9,12,15,19,22-23,33-34,38H,10-11,13-14H2,1-2H3,(H,31,35,36)/t19-,22+,23+/m1/s1. The van der Waals surface area contributed by atoms with Gasteiger partial charge in [0, 0.05) is 43.4 Å². The van der Waals surface area contributed by atoms with E-state index in [2.05, 4.69) is 30.9 Å². The maximum absolute atomic E-state index is 13.0. The van der Waals surface area contributed by atoms with Gasteiger partial charge in [-0.15, -0.1) is 11.3 Å². The van der Waals surface area contributed by atoms with Crippen molar-refractivity contribution in [1.29, 1.82) is 0 Å². The van der Waals surface area contributed by atoms with Gasteiger partial charge in [0.25, 0.3) is 0 Å². The lowest BCUT2D eigenvalue weighted by Crippen LogP contribution is -2.38. The number of aliphatic hydroxyl groups excluding tert-OH is 1. The smallest absolute Gasteiger partial charge is 0.391 e. The fourth-order valence-corrected chi connectivity index (χ4v) is 5.98. The quantitative estimate of drug-likeness (QED) is 0.226. The van der Waals surface area contributed by atoms with E-state index in [4.69, 9.17) is 0 Å². The predicted molar refractivity (Wildman–Crippen MR) is 149 cm³/mol. The summed E-state index contributed by atoms with van der Waals surface area (Å²) in [6.45, 7) is 0.647. The first-order valence-corrected chi connectivity index (χ1v) is 13.5. The number of aromatic nitrogens is 3. The van der Waals surface area contributed by atoms with E-state index < -0.39 is 18.7 Å².